The molecule has 0 radical (unpaired) electrons. The molecule has 1 unspecified atom stereocenters. The van der Waals surface area contributed by atoms with E-state index in [1.807, 2.05) is 13.8 Å². The summed E-state index contributed by atoms with van der Waals surface area (Å²) in [6.07, 6.45) is 1.62. The van der Waals surface area contributed by atoms with Crippen LogP contribution in [0.25, 0.3) is 0 Å². The van der Waals surface area contributed by atoms with Crippen molar-refractivity contribution in [2.75, 3.05) is 51.2 Å². The number of hydrogen-bond acceptors (Lipinski definition) is 10. The molecule has 2 aromatic rings. The first-order chi connectivity index (χ1) is 21.8. The van der Waals surface area contributed by atoms with E-state index in [9.17, 15) is 22.8 Å². The van der Waals surface area contributed by atoms with Gasteiger partial charge in [0, 0.05) is 57.3 Å². The summed E-state index contributed by atoms with van der Waals surface area (Å²) < 4.78 is 40.3. The Balaban J connectivity index is 1.50. The van der Waals surface area contributed by atoms with Gasteiger partial charge < -0.3 is 25.0 Å². The number of piperidine rings is 1. The minimum Gasteiger partial charge on any atom is -0.444 e. The van der Waals surface area contributed by atoms with Gasteiger partial charge in [0.25, 0.3) is 21.8 Å². The molecule has 46 heavy (non-hydrogen) atoms. The first kappa shape index (κ1) is 35.3. The van der Waals surface area contributed by atoms with E-state index < -0.39 is 39.8 Å². The van der Waals surface area contributed by atoms with Gasteiger partial charge in [-0.2, -0.15) is 9.40 Å². The number of rotatable bonds is 10. The minimum atomic E-state index is -4.18. The summed E-state index contributed by atoms with van der Waals surface area (Å²) >= 11 is 0. The Hall–Kier alpha value is -3.60. The van der Waals surface area contributed by atoms with Crippen molar-refractivity contribution in [2.24, 2.45) is 0 Å². The number of hydrogen-bond donors (Lipinski definition) is 3. The zero-order chi connectivity index (χ0) is 33.6. The third-order valence-corrected chi connectivity index (χ3v) is 9.72. The third-order valence-electron chi connectivity index (χ3n) is 7.87. The Labute approximate surface area is 270 Å². The number of carbonyl (C=O) groups excluding carboxylic acids is 3. The van der Waals surface area contributed by atoms with Gasteiger partial charge in [-0.3, -0.25) is 19.6 Å². The Kier molecular flexibility index (Phi) is 11.4. The number of sulfonamides is 1. The predicted octanol–water partition coefficient (Wildman–Crippen LogP) is 2.44. The largest absolute Gasteiger partial charge is 0.444 e. The molecule has 3 N–H and O–H groups in total. The van der Waals surface area contributed by atoms with E-state index >= 15 is 0 Å². The number of anilines is 1. The molecule has 15 nitrogen and oxygen atoms in total. The van der Waals surface area contributed by atoms with Crippen LogP contribution in [-0.4, -0.2) is 119 Å². The Bertz CT molecular complexity index is 1500. The summed E-state index contributed by atoms with van der Waals surface area (Å²) in [6.45, 7) is 14.1. The smallest absolute Gasteiger partial charge is 0.410 e. The molecule has 3 amide bonds. The Morgan fingerprint density at radius 3 is 2.41 bits per heavy atom. The van der Waals surface area contributed by atoms with Crippen LogP contribution in [0.3, 0.4) is 0 Å². The molecule has 4 heterocycles. The number of nitrogens with one attached hydrogen (secondary N) is 3. The molecule has 0 saturated carbocycles. The standard InChI is InChI=1S/C30H46N8O7S/c1-7-21-24(25(35-34-21)27(40)32-20-12-15-37(16-13-20)29(41)45-30(4,5)6)26(39)33-22-11-10-14-31-28(22)46(42,43)38-18-17-36(8-2)19-23(38)44-9-3/h10-11,14,20,23H,7-9,12-13,15-19H2,1-6H3,(H,32,40)(H,33,39)(H,34,35). The third kappa shape index (κ3) is 8.21. The molecule has 2 aliphatic heterocycles. The van der Waals surface area contributed by atoms with Crippen molar-refractivity contribution in [2.45, 2.75) is 83.7 Å². The molecule has 2 saturated heterocycles. The van der Waals surface area contributed by atoms with Gasteiger partial charge in [0.15, 0.2) is 10.7 Å². The molecular weight excluding hydrogens is 616 g/mol. The number of likely N-dealkylation sites (N-methyl/N-ethyl adjacent to an activating group) is 1. The lowest BCUT2D eigenvalue weighted by molar-refractivity contribution is -0.0576. The van der Waals surface area contributed by atoms with Gasteiger partial charge in [-0.25, -0.2) is 18.2 Å². The van der Waals surface area contributed by atoms with Crippen molar-refractivity contribution in [3.8, 4) is 0 Å². The number of piperazine rings is 1. The number of amides is 3. The molecule has 16 heteroatoms. The van der Waals surface area contributed by atoms with Gasteiger partial charge in [-0.05, 0) is 65.6 Å². The second kappa shape index (κ2) is 14.9. The first-order valence-electron chi connectivity index (χ1n) is 15.8. The molecule has 0 aromatic carbocycles. The van der Waals surface area contributed by atoms with E-state index in [-0.39, 0.29) is 34.6 Å². The van der Waals surface area contributed by atoms with Gasteiger partial charge in [0.1, 0.15) is 11.8 Å². The fraction of sp³-hybridized carbons (Fsp3) is 0.633. The van der Waals surface area contributed by atoms with Gasteiger partial charge >= 0.3 is 6.09 Å². The van der Waals surface area contributed by atoms with Crippen molar-refractivity contribution >= 4 is 33.6 Å². The monoisotopic (exact) mass is 662 g/mol. The van der Waals surface area contributed by atoms with Crippen LogP contribution in [0.5, 0.6) is 0 Å². The number of pyridine rings is 1. The van der Waals surface area contributed by atoms with Crippen molar-refractivity contribution in [1.82, 2.24) is 34.6 Å². The average Bonchev–Trinajstić information content (AvgIpc) is 3.45. The highest BCUT2D eigenvalue weighted by atomic mass is 32.2. The van der Waals surface area contributed by atoms with Crippen LogP contribution >= 0.6 is 0 Å². The van der Waals surface area contributed by atoms with E-state index in [2.05, 4.69) is 30.7 Å². The normalized spacial score (nSPS) is 18.7. The second-order valence-corrected chi connectivity index (χ2v) is 14.0. The number of carbonyl (C=O) groups is 3. The second-order valence-electron chi connectivity index (χ2n) is 12.2. The summed E-state index contributed by atoms with van der Waals surface area (Å²) in [5.74, 6) is -1.25. The van der Waals surface area contributed by atoms with Crippen molar-refractivity contribution in [3.63, 3.8) is 0 Å². The quantitative estimate of drug-likeness (QED) is 0.342. The fourth-order valence-corrected chi connectivity index (χ4v) is 7.07. The highest BCUT2D eigenvalue weighted by Gasteiger charge is 2.39. The molecule has 0 bridgehead atoms. The van der Waals surface area contributed by atoms with E-state index in [1.54, 1.807) is 32.6 Å². The number of aromatic amines is 1. The maximum atomic E-state index is 13.9. The maximum absolute atomic E-state index is 13.9. The molecule has 4 rings (SSSR count). The van der Waals surface area contributed by atoms with Gasteiger partial charge in [0.05, 0.1) is 11.3 Å². The Morgan fingerprint density at radius 1 is 1.07 bits per heavy atom. The van der Waals surface area contributed by atoms with Crippen LogP contribution in [0.4, 0.5) is 10.5 Å². The van der Waals surface area contributed by atoms with E-state index in [4.69, 9.17) is 9.47 Å². The van der Waals surface area contributed by atoms with Gasteiger partial charge in [-0.1, -0.05) is 13.8 Å². The topological polar surface area (TPSA) is 179 Å². The fourth-order valence-electron chi connectivity index (χ4n) is 5.49. The molecule has 0 aliphatic carbocycles. The summed E-state index contributed by atoms with van der Waals surface area (Å²) in [5.41, 5.74) is -0.300. The zero-order valence-electron chi connectivity index (χ0n) is 27.5. The van der Waals surface area contributed by atoms with Gasteiger partial charge in [-0.15, -0.1) is 0 Å². The lowest BCUT2D eigenvalue weighted by atomic mass is 10.0. The molecule has 2 fully saturated rings. The van der Waals surface area contributed by atoms with Gasteiger partial charge in [0.2, 0.25) is 0 Å². The highest BCUT2D eigenvalue weighted by molar-refractivity contribution is 7.89. The van der Waals surface area contributed by atoms with Crippen LogP contribution in [0, 0.1) is 0 Å². The lowest BCUT2D eigenvalue weighted by Gasteiger charge is -2.39. The summed E-state index contributed by atoms with van der Waals surface area (Å²) in [4.78, 5) is 47.4. The highest BCUT2D eigenvalue weighted by Crippen LogP contribution is 2.27. The average molecular weight is 663 g/mol. The SMILES string of the molecule is CCOC1CN(CC)CCN1S(=O)(=O)c1ncccc1NC(=O)c1c(C(=O)NC2CCN(C(=O)OC(C)(C)C)CC2)n[nH]c1CC. The first-order valence-corrected chi connectivity index (χ1v) is 17.2. The van der Waals surface area contributed by atoms with Crippen LogP contribution in [0.15, 0.2) is 23.4 Å². The molecule has 2 aliphatic rings. The van der Waals surface area contributed by atoms with Crippen LogP contribution in [0.2, 0.25) is 0 Å². The van der Waals surface area contributed by atoms with Crippen molar-refractivity contribution in [1.29, 1.82) is 0 Å². The number of nitrogens with zero attached hydrogens (tertiary/aromatic N) is 5. The lowest BCUT2D eigenvalue weighted by Crippen LogP contribution is -2.56. The van der Waals surface area contributed by atoms with Crippen molar-refractivity contribution in [3.05, 3.63) is 35.3 Å². The summed E-state index contributed by atoms with van der Waals surface area (Å²) in [5, 5.41) is 12.2. The summed E-state index contributed by atoms with van der Waals surface area (Å²) in [6, 6.07) is 2.74. The summed E-state index contributed by atoms with van der Waals surface area (Å²) in [7, 11) is -4.18. The Morgan fingerprint density at radius 2 is 1.78 bits per heavy atom. The van der Waals surface area contributed by atoms with Crippen LogP contribution in [0.1, 0.15) is 80.9 Å². The minimum absolute atomic E-state index is 0.0159. The van der Waals surface area contributed by atoms with Crippen LogP contribution in [-0.2, 0) is 25.9 Å². The van der Waals surface area contributed by atoms with Crippen LogP contribution < -0.4 is 10.6 Å². The van der Waals surface area contributed by atoms with E-state index in [1.165, 1.54) is 22.6 Å². The predicted molar refractivity (Wildman–Crippen MR) is 170 cm³/mol. The number of ether oxygens (including phenoxy) is 2. The number of H-pyrrole nitrogens is 1. The molecule has 2 aromatic heterocycles. The molecule has 0 spiro atoms. The number of aromatic nitrogens is 3. The number of aryl methyl sites for hydroxylation is 1. The molecular formula is C30H46N8O7S. The maximum Gasteiger partial charge on any atom is 0.410 e. The van der Waals surface area contributed by atoms with Crippen molar-refractivity contribution < 1.29 is 32.3 Å². The van der Waals surface area contributed by atoms with E-state index in [0.29, 0.717) is 57.7 Å². The molecule has 1 atom stereocenters. The zero-order valence-corrected chi connectivity index (χ0v) is 28.3. The number of likely N-dealkylation sites (tertiary alicyclic amines) is 1. The molecule has 254 valence electrons. The van der Waals surface area contributed by atoms with E-state index in [0.717, 1.165) is 6.54 Å².